The van der Waals surface area contributed by atoms with E-state index in [1.807, 2.05) is 0 Å². The lowest BCUT2D eigenvalue weighted by molar-refractivity contribution is -0.118. The maximum Gasteiger partial charge on any atom is 0.355 e. The molecule has 5 nitrogen and oxygen atoms in total. The number of rotatable bonds is 1. The Bertz CT molecular complexity index is 735. The molecule has 1 aliphatic carbocycles. The molecular formula is C14H9F2N3O2. The molecule has 1 aromatic rings. The Morgan fingerprint density at radius 3 is 2.43 bits per heavy atom. The van der Waals surface area contributed by atoms with Crippen molar-refractivity contribution in [3.05, 3.63) is 48.1 Å². The smallest absolute Gasteiger partial charge is 0.355 e. The Labute approximate surface area is 118 Å². The summed E-state index contributed by atoms with van der Waals surface area (Å²) in [7, 11) is 0. The van der Waals surface area contributed by atoms with Crippen LogP contribution in [-0.4, -0.2) is 17.6 Å². The number of benzene rings is 1. The molecule has 3 amide bonds. The number of amides is 3. The third-order valence-corrected chi connectivity index (χ3v) is 3.19. The summed E-state index contributed by atoms with van der Waals surface area (Å²) in [4.78, 5) is 28.7. The molecule has 1 unspecified atom stereocenters. The Morgan fingerprint density at radius 2 is 1.76 bits per heavy atom. The molecule has 0 saturated heterocycles. The van der Waals surface area contributed by atoms with Crippen LogP contribution in [0.15, 0.2) is 53.1 Å². The minimum Gasteiger partial charge on any atom is -0.399 e. The van der Waals surface area contributed by atoms with Gasteiger partial charge in [-0.15, -0.1) is 0 Å². The zero-order valence-corrected chi connectivity index (χ0v) is 10.6. The summed E-state index contributed by atoms with van der Waals surface area (Å²) in [6.45, 7) is 0. The number of hydrogen-bond acceptors (Lipinski definition) is 3. The van der Waals surface area contributed by atoms with Crippen molar-refractivity contribution in [3.63, 3.8) is 0 Å². The number of imide groups is 1. The number of nitrogen functional groups attached to an aromatic ring is 1. The van der Waals surface area contributed by atoms with Crippen LogP contribution in [0.4, 0.5) is 25.0 Å². The van der Waals surface area contributed by atoms with Crippen molar-refractivity contribution >= 4 is 29.0 Å². The van der Waals surface area contributed by atoms with Gasteiger partial charge in [-0.05, 0) is 36.4 Å². The number of urea groups is 1. The fourth-order valence-electron chi connectivity index (χ4n) is 2.15. The van der Waals surface area contributed by atoms with Gasteiger partial charge in [-0.2, -0.15) is 4.99 Å². The van der Waals surface area contributed by atoms with E-state index in [4.69, 9.17) is 5.73 Å². The quantitative estimate of drug-likeness (QED) is 0.807. The largest absolute Gasteiger partial charge is 0.399 e. The van der Waals surface area contributed by atoms with Gasteiger partial charge in [0.2, 0.25) is 5.91 Å². The van der Waals surface area contributed by atoms with Crippen LogP contribution in [0.2, 0.25) is 0 Å². The molecule has 1 aliphatic heterocycles. The first kappa shape index (κ1) is 13.2. The second-order valence-electron chi connectivity index (χ2n) is 4.57. The van der Waals surface area contributed by atoms with E-state index in [9.17, 15) is 18.4 Å². The molecule has 0 radical (unpaired) electrons. The third-order valence-electron chi connectivity index (χ3n) is 3.19. The summed E-state index contributed by atoms with van der Waals surface area (Å²) in [5.41, 5.74) is 6.17. The minimum absolute atomic E-state index is 0.101. The van der Waals surface area contributed by atoms with E-state index in [-0.39, 0.29) is 11.4 Å². The second-order valence-corrected chi connectivity index (χ2v) is 4.57. The van der Waals surface area contributed by atoms with Gasteiger partial charge in [0.15, 0.2) is 11.7 Å². The fourth-order valence-corrected chi connectivity index (χ4v) is 2.15. The molecule has 0 bridgehead atoms. The van der Waals surface area contributed by atoms with Crippen LogP contribution in [0.5, 0.6) is 0 Å². The number of allylic oxidation sites excluding steroid dienone is 3. The zero-order valence-electron chi connectivity index (χ0n) is 10.6. The highest BCUT2D eigenvalue weighted by atomic mass is 19.2. The van der Waals surface area contributed by atoms with Crippen LogP contribution in [-0.2, 0) is 4.79 Å². The van der Waals surface area contributed by atoms with Gasteiger partial charge < -0.3 is 5.73 Å². The van der Waals surface area contributed by atoms with Gasteiger partial charge in [0.25, 0.3) is 0 Å². The third kappa shape index (κ3) is 2.12. The molecule has 2 N–H and O–H groups in total. The van der Waals surface area contributed by atoms with Gasteiger partial charge in [-0.25, -0.2) is 18.5 Å². The number of nitrogens with zero attached hydrogens (tertiary/aromatic N) is 2. The molecule has 3 rings (SSSR count). The van der Waals surface area contributed by atoms with Gasteiger partial charge in [0, 0.05) is 5.69 Å². The van der Waals surface area contributed by atoms with Crippen LogP contribution in [0.25, 0.3) is 0 Å². The van der Waals surface area contributed by atoms with Crippen molar-refractivity contribution in [2.75, 3.05) is 10.6 Å². The number of halogens is 2. The summed E-state index contributed by atoms with van der Waals surface area (Å²) in [6.07, 6.45) is 1.57. The average Bonchev–Trinajstić information content (AvgIpc) is 2.43. The summed E-state index contributed by atoms with van der Waals surface area (Å²) in [5, 5.41) is 0. The Kier molecular flexibility index (Phi) is 2.90. The first-order valence-electron chi connectivity index (χ1n) is 6.04. The van der Waals surface area contributed by atoms with E-state index in [2.05, 4.69) is 4.99 Å². The molecule has 0 spiro atoms. The first-order valence-corrected chi connectivity index (χ1v) is 6.04. The molecule has 1 aromatic carbocycles. The maximum atomic E-state index is 13.3. The molecular weight excluding hydrogens is 280 g/mol. The molecule has 106 valence electrons. The van der Waals surface area contributed by atoms with Gasteiger partial charge >= 0.3 is 6.03 Å². The molecule has 0 saturated carbocycles. The average molecular weight is 289 g/mol. The van der Waals surface area contributed by atoms with Crippen LogP contribution in [0.3, 0.4) is 0 Å². The second kappa shape index (κ2) is 4.62. The SMILES string of the molecule is Nc1ccc(N2C(=O)N=C3C=C(F)C(F)=CC3C2=O)cc1. The Hall–Kier alpha value is -2.83. The predicted octanol–water partition coefficient (Wildman–Crippen LogP) is 2.51. The van der Waals surface area contributed by atoms with E-state index in [0.29, 0.717) is 5.69 Å². The molecule has 7 heteroatoms. The summed E-state index contributed by atoms with van der Waals surface area (Å²) < 4.78 is 26.4. The van der Waals surface area contributed by atoms with Crippen LogP contribution in [0.1, 0.15) is 0 Å². The van der Waals surface area contributed by atoms with E-state index in [1.54, 1.807) is 0 Å². The highest BCUT2D eigenvalue weighted by molar-refractivity contribution is 6.30. The maximum absolute atomic E-state index is 13.3. The van der Waals surface area contributed by atoms with Crippen molar-refractivity contribution in [2.45, 2.75) is 0 Å². The highest BCUT2D eigenvalue weighted by Gasteiger charge is 2.39. The number of hydrogen-bond donors (Lipinski definition) is 1. The van der Waals surface area contributed by atoms with Gasteiger partial charge in [0.05, 0.1) is 11.4 Å². The minimum atomic E-state index is -1.15. The Morgan fingerprint density at radius 1 is 1.10 bits per heavy atom. The monoisotopic (exact) mass is 289 g/mol. The van der Waals surface area contributed by atoms with Crippen LogP contribution < -0.4 is 10.6 Å². The van der Waals surface area contributed by atoms with Gasteiger partial charge in [-0.1, -0.05) is 0 Å². The lowest BCUT2D eigenvalue weighted by Gasteiger charge is -2.28. The van der Waals surface area contributed by atoms with Gasteiger partial charge in [-0.3, -0.25) is 4.79 Å². The lowest BCUT2D eigenvalue weighted by Crippen LogP contribution is -2.46. The van der Waals surface area contributed by atoms with Crippen molar-refractivity contribution < 1.29 is 18.4 Å². The standard InChI is InChI=1S/C14H9F2N3O2/c15-10-5-9-12(6-11(10)16)18-14(21)19(13(9)20)8-3-1-7(17)2-4-8/h1-6,9H,17H2. The normalized spacial score (nSPS) is 21.5. The summed E-state index contributed by atoms with van der Waals surface area (Å²) in [6, 6.07) is 5.14. The van der Waals surface area contributed by atoms with E-state index in [1.165, 1.54) is 24.3 Å². The van der Waals surface area contributed by atoms with Crippen molar-refractivity contribution in [3.8, 4) is 0 Å². The van der Waals surface area contributed by atoms with Crippen molar-refractivity contribution in [1.82, 2.24) is 0 Å². The topological polar surface area (TPSA) is 75.8 Å². The number of fused-ring (bicyclic) bond motifs is 1. The highest BCUT2D eigenvalue weighted by Crippen LogP contribution is 2.30. The van der Waals surface area contributed by atoms with Gasteiger partial charge in [0.1, 0.15) is 5.92 Å². The molecule has 1 atom stereocenters. The molecule has 0 fully saturated rings. The van der Waals surface area contributed by atoms with Crippen LogP contribution in [0, 0.1) is 5.92 Å². The van der Waals surface area contributed by atoms with Crippen molar-refractivity contribution in [2.24, 2.45) is 10.9 Å². The van der Waals surface area contributed by atoms with E-state index >= 15 is 0 Å². The van der Waals surface area contributed by atoms with E-state index < -0.39 is 29.5 Å². The molecule has 0 aromatic heterocycles. The number of carbonyl (C=O) groups excluding carboxylic acids is 2. The molecule has 1 heterocycles. The lowest BCUT2D eigenvalue weighted by atomic mass is 9.94. The number of carbonyl (C=O) groups is 2. The molecule has 2 aliphatic rings. The molecule has 21 heavy (non-hydrogen) atoms. The number of anilines is 2. The van der Waals surface area contributed by atoms with Crippen LogP contribution >= 0.6 is 0 Å². The fraction of sp³-hybridized carbons (Fsp3) is 0.0714. The summed E-state index contributed by atoms with van der Waals surface area (Å²) >= 11 is 0. The number of aliphatic imine (C=N–C) groups is 1. The summed E-state index contributed by atoms with van der Waals surface area (Å²) in [5.74, 6) is -4.08. The Balaban J connectivity index is 2.05. The first-order chi connectivity index (χ1) is 9.97. The van der Waals surface area contributed by atoms with E-state index in [0.717, 1.165) is 17.1 Å². The predicted molar refractivity (Wildman–Crippen MR) is 73.0 cm³/mol. The van der Waals surface area contributed by atoms with Crippen molar-refractivity contribution in [1.29, 1.82) is 0 Å². The number of nitrogens with two attached hydrogens (primary N) is 1. The zero-order chi connectivity index (χ0) is 15.1.